The molecule has 1 aliphatic rings. The Morgan fingerprint density at radius 1 is 0.730 bits per heavy atom. The number of carbonyl (C=O) groups is 2. The maximum atomic E-state index is 13.4. The lowest BCUT2D eigenvalue weighted by Crippen LogP contribution is -2.40. The van der Waals surface area contributed by atoms with Gasteiger partial charge in [0, 0.05) is 51.2 Å². The number of carbonyl (C=O) groups excluding carboxylic acids is 2. The normalized spacial score (nSPS) is 12.9. The maximum absolute atomic E-state index is 13.4. The minimum Gasteiger partial charge on any atom is -0.372 e. The van der Waals surface area contributed by atoms with E-state index in [4.69, 9.17) is 0 Å². The van der Waals surface area contributed by atoms with E-state index in [1.54, 1.807) is 41.8 Å². The lowest BCUT2D eigenvalue weighted by atomic mass is 9.91. The summed E-state index contributed by atoms with van der Waals surface area (Å²) in [4.78, 5) is 36.9. The molecule has 2 amide bonds. The van der Waals surface area contributed by atoms with Gasteiger partial charge in [0.2, 0.25) is 0 Å². The number of rotatable bonds is 6. The fraction of sp³-hybridized carbons (Fsp3) is 0.129. The highest BCUT2D eigenvalue weighted by atomic mass is 32.1. The molecule has 0 fully saturated rings. The molecule has 3 aromatic carbocycles. The molecule has 0 saturated heterocycles. The van der Waals surface area contributed by atoms with Crippen molar-refractivity contribution in [1.82, 2.24) is 4.98 Å². The van der Waals surface area contributed by atoms with Crippen LogP contribution >= 0.6 is 11.3 Å². The van der Waals surface area contributed by atoms with E-state index in [0.29, 0.717) is 22.3 Å². The number of hydrogen-bond acceptors (Lipinski definition) is 5. The number of hydrogen-bond donors (Lipinski definition) is 0. The molecule has 0 unspecified atom stereocenters. The van der Waals surface area contributed by atoms with Gasteiger partial charge in [-0.1, -0.05) is 36.4 Å². The van der Waals surface area contributed by atoms with Gasteiger partial charge in [0.1, 0.15) is 5.82 Å². The number of thiophene rings is 1. The second-order valence-electron chi connectivity index (χ2n) is 8.91. The van der Waals surface area contributed by atoms with Crippen LogP contribution < -0.4 is 9.80 Å². The molecule has 0 bridgehead atoms. The Morgan fingerprint density at radius 3 is 2.14 bits per heavy atom. The van der Waals surface area contributed by atoms with E-state index in [1.165, 1.54) is 21.0 Å². The zero-order chi connectivity index (χ0) is 25.5. The summed E-state index contributed by atoms with van der Waals surface area (Å²) in [5.74, 6) is -0.364. The number of pyridine rings is 1. The van der Waals surface area contributed by atoms with Gasteiger partial charge in [0.05, 0.1) is 0 Å². The van der Waals surface area contributed by atoms with Crippen LogP contribution in [-0.2, 0) is 0 Å². The van der Waals surface area contributed by atoms with E-state index in [2.05, 4.69) is 60.1 Å². The first-order valence-corrected chi connectivity index (χ1v) is 13.2. The van der Waals surface area contributed by atoms with Gasteiger partial charge < -0.3 is 4.90 Å². The molecule has 0 atom stereocenters. The van der Waals surface area contributed by atoms with Crippen molar-refractivity contribution in [2.24, 2.45) is 0 Å². The SMILES string of the molecule is CCN(CC)c1ccc(-c2ccc(-c3ccc4c5c(cccc35)C(=O)N(c3ccccn3)C4=O)s2)cc1. The second kappa shape index (κ2) is 9.30. The van der Waals surface area contributed by atoms with Crippen LogP contribution in [0.2, 0.25) is 0 Å². The Balaban J connectivity index is 1.40. The summed E-state index contributed by atoms with van der Waals surface area (Å²) in [7, 11) is 0. The number of benzene rings is 3. The summed E-state index contributed by atoms with van der Waals surface area (Å²) in [6.45, 7) is 6.30. The first kappa shape index (κ1) is 23.1. The van der Waals surface area contributed by atoms with Crippen LogP contribution in [0.15, 0.2) is 91.1 Å². The number of nitrogens with zero attached hydrogens (tertiary/aromatic N) is 3. The van der Waals surface area contributed by atoms with E-state index in [1.807, 2.05) is 24.3 Å². The Labute approximate surface area is 219 Å². The molecule has 182 valence electrons. The summed E-state index contributed by atoms with van der Waals surface area (Å²) in [5.41, 5.74) is 4.45. The van der Waals surface area contributed by atoms with Gasteiger partial charge in [-0.05, 0) is 78.9 Å². The van der Waals surface area contributed by atoms with Crippen molar-refractivity contribution in [3.8, 4) is 20.9 Å². The summed E-state index contributed by atoms with van der Waals surface area (Å²) >= 11 is 1.71. The third-order valence-electron chi connectivity index (χ3n) is 6.94. The summed E-state index contributed by atoms with van der Waals surface area (Å²) < 4.78 is 0. The molecule has 6 heteroatoms. The van der Waals surface area contributed by atoms with E-state index in [9.17, 15) is 9.59 Å². The zero-order valence-corrected chi connectivity index (χ0v) is 21.5. The fourth-order valence-electron chi connectivity index (χ4n) is 5.07. The standard InChI is InChI=1S/C31H25N3O2S/c1-3-33(4-2)21-13-11-20(12-14-21)26-17-18-27(37-26)22-15-16-25-29-23(22)8-7-9-24(29)30(35)34(31(25)36)28-10-5-6-19-32-28/h5-19H,3-4H2,1-2H3. The number of anilines is 2. The van der Waals surface area contributed by atoms with E-state index >= 15 is 0 Å². The highest BCUT2D eigenvalue weighted by Crippen LogP contribution is 2.41. The Kier molecular flexibility index (Phi) is 5.81. The molecule has 0 N–H and O–H groups in total. The lowest BCUT2D eigenvalue weighted by Gasteiger charge is -2.26. The summed E-state index contributed by atoms with van der Waals surface area (Å²) in [6, 6.07) is 27.7. The quantitative estimate of drug-likeness (QED) is 0.229. The van der Waals surface area contributed by atoms with Crippen molar-refractivity contribution in [2.45, 2.75) is 13.8 Å². The van der Waals surface area contributed by atoms with Crippen LogP contribution in [0.5, 0.6) is 0 Å². The van der Waals surface area contributed by atoms with Gasteiger partial charge >= 0.3 is 0 Å². The van der Waals surface area contributed by atoms with Crippen LogP contribution in [0.4, 0.5) is 11.5 Å². The van der Waals surface area contributed by atoms with Gasteiger partial charge in [-0.2, -0.15) is 0 Å². The van der Waals surface area contributed by atoms with Crippen LogP contribution in [-0.4, -0.2) is 29.9 Å². The van der Waals surface area contributed by atoms with Crippen LogP contribution in [0.1, 0.15) is 34.6 Å². The molecule has 0 radical (unpaired) electrons. The Hall–Kier alpha value is -4.29. The second-order valence-corrected chi connectivity index (χ2v) is 9.99. The first-order valence-electron chi connectivity index (χ1n) is 12.4. The van der Waals surface area contributed by atoms with Crippen molar-refractivity contribution in [1.29, 1.82) is 0 Å². The van der Waals surface area contributed by atoms with Crippen LogP contribution in [0.3, 0.4) is 0 Å². The minimum absolute atomic E-state index is 0.333. The summed E-state index contributed by atoms with van der Waals surface area (Å²) in [5, 5.41) is 1.61. The summed E-state index contributed by atoms with van der Waals surface area (Å²) in [6.07, 6.45) is 1.58. The molecule has 0 spiro atoms. The predicted molar refractivity (Wildman–Crippen MR) is 152 cm³/mol. The van der Waals surface area contributed by atoms with Gasteiger partial charge in [-0.15, -0.1) is 11.3 Å². The average molecular weight is 504 g/mol. The molecule has 37 heavy (non-hydrogen) atoms. The Morgan fingerprint density at radius 2 is 1.43 bits per heavy atom. The van der Waals surface area contributed by atoms with Gasteiger partial charge in [-0.3, -0.25) is 9.59 Å². The molecule has 5 nitrogen and oxygen atoms in total. The average Bonchev–Trinajstić information content (AvgIpc) is 3.43. The van der Waals surface area contributed by atoms with Gasteiger partial charge in [-0.25, -0.2) is 9.88 Å². The largest absolute Gasteiger partial charge is 0.372 e. The van der Waals surface area contributed by atoms with E-state index in [0.717, 1.165) is 28.9 Å². The molecular weight excluding hydrogens is 478 g/mol. The predicted octanol–water partition coefficient (Wildman–Crippen LogP) is 7.28. The number of amides is 2. The highest BCUT2D eigenvalue weighted by Gasteiger charge is 2.35. The van der Waals surface area contributed by atoms with E-state index < -0.39 is 0 Å². The van der Waals surface area contributed by atoms with Crippen molar-refractivity contribution < 1.29 is 9.59 Å². The van der Waals surface area contributed by atoms with Gasteiger partial charge in [0.25, 0.3) is 11.8 Å². The number of imide groups is 1. The zero-order valence-electron chi connectivity index (χ0n) is 20.6. The molecular formula is C31H25N3O2S. The molecule has 3 heterocycles. The van der Waals surface area contributed by atoms with Gasteiger partial charge in [0.15, 0.2) is 0 Å². The van der Waals surface area contributed by atoms with Crippen molar-refractivity contribution in [3.05, 3.63) is 102 Å². The molecule has 1 aliphatic heterocycles. The maximum Gasteiger partial charge on any atom is 0.267 e. The molecule has 0 saturated carbocycles. The molecule has 2 aromatic heterocycles. The topological polar surface area (TPSA) is 53.5 Å². The minimum atomic E-state index is -0.348. The highest BCUT2D eigenvalue weighted by molar-refractivity contribution is 7.18. The smallest absolute Gasteiger partial charge is 0.267 e. The van der Waals surface area contributed by atoms with Crippen molar-refractivity contribution in [3.63, 3.8) is 0 Å². The number of aromatic nitrogens is 1. The Bertz CT molecular complexity index is 1610. The van der Waals surface area contributed by atoms with Crippen LogP contribution in [0, 0.1) is 0 Å². The lowest BCUT2D eigenvalue weighted by molar-refractivity contribution is 0.0892. The molecule has 0 aliphatic carbocycles. The van der Waals surface area contributed by atoms with Crippen LogP contribution in [0.25, 0.3) is 31.7 Å². The van der Waals surface area contributed by atoms with Crippen molar-refractivity contribution in [2.75, 3.05) is 22.9 Å². The van der Waals surface area contributed by atoms with Crippen molar-refractivity contribution >= 4 is 45.4 Å². The van der Waals surface area contributed by atoms with E-state index in [-0.39, 0.29) is 11.8 Å². The third-order valence-corrected chi connectivity index (χ3v) is 8.11. The molecule has 6 rings (SSSR count). The molecule has 5 aromatic rings. The third kappa shape index (κ3) is 3.81. The monoisotopic (exact) mass is 503 g/mol. The fourth-order valence-corrected chi connectivity index (χ4v) is 6.12. The first-order chi connectivity index (χ1) is 18.1.